The minimum Gasteiger partial charge on any atom is -0.478 e. The maximum absolute atomic E-state index is 13.6. The molecule has 1 unspecified atom stereocenters. The number of carbonyl (C=O) groups excluding carboxylic acids is 1. The number of fused-ring (bicyclic) bond motifs is 1. The summed E-state index contributed by atoms with van der Waals surface area (Å²) in [6.45, 7) is 2.11. The van der Waals surface area contributed by atoms with Crippen LogP contribution >= 0.6 is 0 Å². The molecule has 0 saturated carbocycles. The summed E-state index contributed by atoms with van der Waals surface area (Å²) in [5, 5.41) is 9.55. The Bertz CT molecular complexity index is 1680. The summed E-state index contributed by atoms with van der Waals surface area (Å²) in [4.78, 5) is 25.3. The number of hydrogen-bond acceptors (Lipinski definition) is 6. The highest BCUT2D eigenvalue weighted by molar-refractivity contribution is 7.90. The molecule has 0 spiro atoms. The lowest BCUT2D eigenvalue weighted by molar-refractivity contribution is -0.120. The van der Waals surface area contributed by atoms with E-state index >= 15 is 0 Å². The van der Waals surface area contributed by atoms with Gasteiger partial charge in [0, 0.05) is 0 Å². The Morgan fingerprint density at radius 3 is 2.27 bits per heavy atom. The van der Waals surface area contributed by atoms with E-state index in [4.69, 9.17) is 9.47 Å². The highest BCUT2D eigenvalue weighted by Crippen LogP contribution is 2.36. The molecule has 0 radical (unpaired) electrons. The molecule has 0 saturated heterocycles. The van der Waals surface area contributed by atoms with E-state index in [2.05, 4.69) is 4.72 Å². The number of sulfonamides is 1. The molecule has 9 heteroatoms. The Labute approximate surface area is 238 Å². The van der Waals surface area contributed by atoms with Gasteiger partial charge in [0.25, 0.3) is 10.0 Å². The Morgan fingerprint density at radius 2 is 1.56 bits per heavy atom. The Kier molecular flexibility index (Phi) is 8.07. The van der Waals surface area contributed by atoms with Gasteiger partial charge in [-0.2, -0.15) is 0 Å². The maximum atomic E-state index is 13.6. The SMILES string of the molecule is CCCc1ccc(S(=O)(=O)NC(=O)C(Cc2ccc(-c3ccccc3C(=O)O)cc2)c2ccc3c(c2)OCO3)cc1. The molecule has 1 heterocycles. The van der Waals surface area contributed by atoms with E-state index in [-0.39, 0.29) is 23.7 Å². The molecule has 1 atom stereocenters. The first-order valence-electron chi connectivity index (χ1n) is 13.2. The van der Waals surface area contributed by atoms with E-state index in [1.807, 2.05) is 19.1 Å². The highest BCUT2D eigenvalue weighted by atomic mass is 32.2. The van der Waals surface area contributed by atoms with Crippen molar-refractivity contribution in [2.24, 2.45) is 0 Å². The van der Waals surface area contributed by atoms with Gasteiger partial charge < -0.3 is 14.6 Å². The van der Waals surface area contributed by atoms with Gasteiger partial charge >= 0.3 is 5.97 Å². The third-order valence-corrected chi connectivity index (χ3v) is 8.35. The largest absolute Gasteiger partial charge is 0.478 e. The number of carboxylic acids is 1. The van der Waals surface area contributed by atoms with Crippen molar-refractivity contribution in [2.75, 3.05) is 6.79 Å². The van der Waals surface area contributed by atoms with Crippen LogP contribution in [0, 0.1) is 0 Å². The fourth-order valence-electron chi connectivity index (χ4n) is 4.86. The van der Waals surface area contributed by atoms with Crippen molar-refractivity contribution in [1.29, 1.82) is 0 Å². The van der Waals surface area contributed by atoms with Gasteiger partial charge in [-0.25, -0.2) is 17.9 Å². The number of hydrogen-bond donors (Lipinski definition) is 2. The number of nitrogens with one attached hydrogen (secondary N) is 1. The fraction of sp³-hybridized carbons (Fsp3) is 0.188. The third kappa shape index (κ3) is 6.25. The summed E-state index contributed by atoms with van der Waals surface area (Å²) in [6, 6.07) is 25.5. The van der Waals surface area contributed by atoms with Gasteiger partial charge in [-0.3, -0.25) is 4.79 Å². The van der Waals surface area contributed by atoms with E-state index in [1.165, 1.54) is 12.1 Å². The van der Waals surface area contributed by atoms with Gasteiger partial charge in [0.05, 0.1) is 16.4 Å². The quantitative estimate of drug-likeness (QED) is 0.256. The second-order valence-electron chi connectivity index (χ2n) is 9.78. The molecular weight excluding hydrogens is 542 g/mol. The predicted octanol–water partition coefficient (Wildman–Crippen LogP) is 5.56. The number of rotatable bonds is 10. The van der Waals surface area contributed by atoms with Crippen LogP contribution in [0.2, 0.25) is 0 Å². The van der Waals surface area contributed by atoms with Crippen molar-refractivity contribution in [3.63, 3.8) is 0 Å². The lowest BCUT2D eigenvalue weighted by atomic mass is 9.90. The monoisotopic (exact) mass is 571 g/mol. The molecule has 5 rings (SSSR count). The molecule has 4 aromatic rings. The van der Waals surface area contributed by atoms with E-state index < -0.39 is 27.8 Å². The molecule has 210 valence electrons. The zero-order valence-corrected chi connectivity index (χ0v) is 23.2. The molecule has 0 fully saturated rings. The van der Waals surface area contributed by atoms with E-state index in [0.29, 0.717) is 28.2 Å². The second-order valence-corrected chi connectivity index (χ2v) is 11.5. The van der Waals surface area contributed by atoms with Crippen LogP contribution in [0.1, 0.15) is 46.3 Å². The van der Waals surface area contributed by atoms with Gasteiger partial charge in [0.2, 0.25) is 12.7 Å². The third-order valence-electron chi connectivity index (χ3n) is 6.99. The van der Waals surface area contributed by atoms with Crippen molar-refractivity contribution < 1.29 is 32.6 Å². The summed E-state index contributed by atoms with van der Waals surface area (Å²) in [5.74, 6) is -1.53. The van der Waals surface area contributed by atoms with Crippen LogP contribution < -0.4 is 14.2 Å². The smallest absolute Gasteiger partial charge is 0.336 e. The van der Waals surface area contributed by atoms with Crippen molar-refractivity contribution in [1.82, 2.24) is 4.72 Å². The fourth-order valence-corrected chi connectivity index (χ4v) is 5.88. The molecular formula is C32H29NO7S. The number of aromatic carboxylic acids is 1. The summed E-state index contributed by atoms with van der Waals surface area (Å²) in [7, 11) is -4.11. The Balaban J connectivity index is 1.43. The first-order valence-corrected chi connectivity index (χ1v) is 14.7. The molecule has 0 aromatic heterocycles. The first kappa shape index (κ1) is 27.9. The predicted molar refractivity (Wildman–Crippen MR) is 154 cm³/mol. The Hall–Kier alpha value is -4.63. The zero-order valence-electron chi connectivity index (χ0n) is 22.4. The molecule has 2 N–H and O–H groups in total. The summed E-state index contributed by atoms with van der Waals surface area (Å²) in [5.41, 5.74) is 3.83. The van der Waals surface area contributed by atoms with E-state index in [9.17, 15) is 23.1 Å². The maximum Gasteiger partial charge on any atom is 0.336 e. The summed E-state index contributed by atoms with van der Waals surface area (Å²) < 4.78 is 39.5. The summed E-state index contributed by atoms with van der Waals surface area (Å²) >= 11 is 0. The minimum atomic E-state index is -4.11. The molecule has 41 heavy (non-hydrogen) atoms. The molecule has 0 bridgehead atoms. The van der Waals surface area contributed by atoms with Crippen LogP contribution in [0.5, 0.6) is 11.5 Å². The molecule has 1 aliphatic rings. The van der Waals surface area contributed by atoms with Crippen LogP contribution in [0.15, 0.2) is 95.9 Å². The molecule has 4 aromatic carbocycles. The van der Waals surface area contributed by atoms with Crippen LogP contribution in [-0.4, -0.2) is 32.2 Å². The number of amides is 1. The average Bonchev–Trinajstić information content (AvgIpc) is 3.44. The number of carboxylic acid groups (broad SMARTS) is 1. The van der Waals surface area contributed by atoms with E-state index in [0.717, 1.165) is 24.0 Å². The van der Waals surface area contributed by atoms with Crippen molar-refractivity contribution in [3.8, 4) is 22.6 Å². The van der Waals surface area contributed by atoms with Crippen molar-refractivity contribution in [3.05, 3.63) is 113 Å². The minimum absolute atomic E-state index is 0.0107. The highest BCUT2D eigenvalue weighted by Gasteiger charge is 2.28. The van der Waals surface area contributed by atoms with Crippen molar-refractivity contribution in [2.45, 2.75) is 37.0 Å². The number of aryl methyl sites for hydroxylation is 1. The van der Waals surface area contributed by atoms with Crippen LogP contribution in [0.25, 0.3) is 11.1 Å². The van der Waals surface area contributed by atoms with Crippen LogP contribution in [0.4, 0.5) is 0 Å². The number of carbonyl (C=O) groups is 2. The first-order chi connectivity index (χ1) is 19.7. The lowest BCUT2D eigenvalue weighted by Crippen LogP contribution is -2.35. The van der Waals surface area contributed by atoms with Gasteiger partial charge in [-0.05, 0) is 71.0 Å². The van der Waals surface area contributed by atoms with Gasteiger partial charge in [0.1, 0.15) is 0 Å². The number of benzene rings is 4. The molecule has 8 nitrogen and oxygen atoms in total. The second kappa shape index (κ2) is 11.9. The summed E-state index contributed by atoms with van der Waals surface area (Å²) in [6.07, 6.45) is 1.96. The zero-order chi connectivity index (χ0) is 29.0. The Morgan fingerprint density at radius 1 is 0.878 bits per heavy atom. The standard InChI is InChI=1S/C32H29NO7S/c1-2-5-21-10-15-25(16-11-21)41(37,38)33-31(34)28(24-14-17-29-30(19-24)40-20-39-29)18-22-8-12-23(13-9-22)26-6-3-4-7-27(26)32(35)36/h3-4,6-17,19,28H,2,5,18,20H2,1H3,(H,33,34)(H,35,36). The normalized spacial score (nSPS) is 13.0. The molecule has 0 aliphatic carbocycles. The van der Waals surface area contributed by atoms with Crippen LogP contribution in [0.3, 0.4) is 0 Å². The average molecular weight is 572 g/mol. The lowest BCUT2D eigenvalue weighted by Gasteiger charge is -2.18. The van der Waals surface area contributed by atoms with Gasteiger partial charge in [0.15, 0.2) is 11.5 Å². The van der Waals surface area contributed by atoms with Crippen LogP contribution in [-0.2, 0) is 27.7 Å². The van der Waals surface area contributed by atoms with Gasteiger partial charge in [-0.15, -0.1) is 0 Å². The van der Waals surface area contributed by atoms with Crippen molar-refractivity contribution >= 4 is 21.9 Å². The number of ether oxygens (including phenoxy) is 2. The van der Waals surface area contributed by atoms with E-state index in [1.54, 1.807) is 66.7 Å². The van der Waals surface area contributed by atoms with Gasteiger partial charge in [-0.1, -0.05) is 74.0 Å². The molecule has 1 amide bonds. The topological polar surface area (TPSA) is 119 Å². The molecule has 1 aliphatic heterocycles.